The number of nitrogens with zero attached hydrogens (tertiary/aromatic N) is 1. The maximum atomic E-state index is 5.83. The first-order valence-corrected chi connectivity index (χ1v) is 7.97. The number of hydrogen-bond acceptors (Lipinski definition) is 5. The number of aromatic nitrogens is 1. The normalized spacial score (nSPS) is 12.9. The molecule has 0 bridgehead atoms. The number of para-hydroxylation sites is 1. The smallest absolute Gasteiger partial charge is 0.231 e. The Morgan fingerprint density at radius 1 is 0.840 bits per heavy atom. The lowest BCUT2D eigenvalue weighted by atomic mass is 9.97. The van der Waals surface area contributed by atoms with Gasteiger partial charge < -0.3 is 18.9 Å². The minimum absolute atomic E-state index is 0.160. The molecular formula is C20H15NO4. The van der Waals surface area contributed by atoms with Crippen molar-refractivity contribution >= 4 is 32.4 Å². The molecule has 1 aromatic heterocycles. The van der Waals surface area contributed by atoms with Gasteiger partial charge in [0.2, 0.25) is 18.3 Å². The van der Waals surface area contributed by atoms with E-state index in [1.807, 2.05) is 36.5 Å². The van der Waals surface area contributed by atoms with Crippen molar-refractivity contribution in [2.45, 2.75) is 0 Å². The molecule has 3 aromatic carbocycles. The standard InChI is InChI=1S/C20H15NO4/c1-22-17-13-8-7-11-9-21-14-6-4-3-5-12(14)15(11)16(13)18-20(19(17)23-2)25-10-24-18/h3-9H,10H2,1-2H3. The van der Waals surface area contributed by atoms with Crippen LogP contribution in [0.15, 0.2) is 42.6 Å². The highest BCUT2D eigenvalue weighted by atomic mass is 16.7. The predicted molar refractivity (Wildman–Crippen MR) is 96.0 cm³/mol. The number of hydrogen-bond donors (Lipinski definition) is 0. The van der Waals surface area contributed by atoms with Gasteiger partial charge in [0.05, 0.1) is 19.7 Å². The number of methoxy groups -OCH3 is 2. The highest BCUT2D eigenvalue weighted by Gasteiger charge is 2.29. The Labute approximate surface area is 143 Å². The van der Waals surface area contributed by atoms with E-state index >= 15 is 0 Å². The first-order chi connectivity index (χ1) is 12.3. The Morgan fingerprint density at radius 2 is 1.64 bits per heavy atom. The lowest BCUT2D eigenvalue weighted by molar-refractivity contribution is 0.171. The predicted octanol–water partition coefficient (Wildman–Crippen LogP) is 4.29. The third-order valence-corrected chi connectivity index (χ3v) is 4.66. The Balaban J connectivity index is 2.10. The van der Waals surface area contributed by atoms with Crippen molar-refractivity contribution < 1.29 is 18.9 Å². The van der Waals surface area contributed by atoms with E-state index in [1.165, 1.54) is 0 Å². The second-order valence-corrected chi connectivity index (χ2v) is 5.86. The van der Waals surface area contributed by atoms with Gasteiger partial charge >= 0.3 is 0 Å². The molecule has 5 rings (SSSR count). The van der Waals surface area contributed by atoms with Crippen LogP contribution in [0.1, 0.15) is 0 Å². The molecule has 0 unspecified atom stereocenters. The van der Waals surface area contributed by atoms with Crippen molar-refractivity contribution in [3.63, 3.8) is 0 Å². The van der Waals surface area contributed by atoms with E-state index in [0.717, 1.165) is 32.4 Å². The van der Waals surface area contributed by atoms with E-state index in [0.29, 0.717) is 23.0 Å². The second-order valence-electron chi connectivity index (χ2n) is 5.86. The molecule has 0 fully saturated rings. The molecule has 0 saturated heterocycles. The minimum Gasteiger partial charge on any atom is -0.492 e. The van der Waals surface area contributed by atoms with Crippen LogP contribution in [0.25, 0.3) is 32.4 Å². The fourth-order valence-corrected chi connectivity index (χ4v) is 3.62. The fraction of sp³-hybridized carbons (Fsp3) is 0.150. The molecule has 1 aliphatic rings. The van der Waals surface area contributed by atoms with E-state index in [2.05, 4.69) is 11.1 Å². The molecule has 0 N–H and O–H groups in total. The van der Waals surface area contributed by atoms with Crippen LogP contribution < -0.4 is 18.9 Å². The number of rotatable bonds is 2. The summed E-state index contributed by atoms with van der Waals surface area (Å²) in [5.74, 6) is 2.47. The van der Waals surface area contributed by atoms with E-state index in [4.69, 9.17) is 18.9 Å². The summed E-state index contributed by atoms with van der Waals surface area (Å²) < 4.78 is 22.7. The van der Waals surface area contributed by atoms with E-state index in [1.54, 1.807) is 14.2 Å². The Bertz CT molecular complexity index is 1150. The highest BCUT2D eigenvalue weighted by Crippen LogP contribution is 2.55. The Kier molecular flexibility index (Phi) is 2.91. The van der Waals surface area contributed by atoms with Gasteiger partial charge in [0, 0.05) is 33.1 Å². The maximum absolute atomic E-state index is 5.83. The first kappa shape index (κ1) is 14.2. The molecule has 2 heterocycles. The first-order valence-electron chi connectivity index (χ1n) is 7.97. The molecule has 4 aromatic rings. The zero-order chi connectivity index (χ0) is 17.0. The molecule has 0 atom stereocenters. The quantitative estimate of drug-likeness (QED) is 0.512. The van der Waals surface area contributed by atoms with Gasteiger partial charge in [-0.05, 0) is 12.1 Å². The zero-order valence-corrected chi connectivity index (χ0v) is 13.8. The van der Waals surface area contributed by atoms with Crippen molar-refractivity contribution in [3.05, 3.63) is 42.6 Å². The van der Waals surface area contributed by atoms with Gasteiger partial charge in [-0.2, -0.15) is 0 Å². The molecule has 0 aliphatic carbocycles. The molecule has 25 heavy (non-hydrogen) atoms. The number of benzene rings is 3. The van der Waals surface area contributed by atoms with Crippen LogP contribution in [0.3, 0.4) is 0 Å². The zero-order valence-electron chi connectivity index (χ0n) is 13.8. The van der Waals surface area contributed by atoms with Crippen LogP contribution in [0.4, 0.5) is 0 Å². The van der Waals surface area contributed by atoms with E-state index in [9.17, 15) is 0 Å². The van der Waals surface area contributed by atoms with Crippen molar-refractivity contribution in [2.24, 2.45) is 0 Å². The third kappa shape index (κ3) is 1.80. The van der Waals surface area contributed by atoms with Gasteiger partial charge in [-0.1, -0.05) is 24.3 Å². The largest absolute Gasteiger partial charge is 0.492 e. The molecule has 5 nitrogen and oxygen atoms in total. The monoisotopic (exact) mass is 333 g/mol. The molecule has 1 aliphatic heterocycles. The van der Waals surface area contributed by atoms with Crippen molar-refractivity contribution in [1.29, 1.82) is 0 Å². The summed E-state index contributed by atoms with van der Waals surface area (Å²) in [6.45, 7) is 0.160. The summed E-state index contributed by atoms with van der Waals surface area (Å²) in [7, 11) is 3.24. The molecule has 0 radical (unpaired) electrons. The van der Waals surface area contributed by atoms with Crippen LogP contribution in [0, 0.1) is 0 Å². The Hall–Kier alpha value is -3.21. The van der Waals surface area contributed by atoms with Crippen molar-refractivity contribution in [2.75, 3.05) is 21.0 Å². The average molecular weight is 333 g/mol. The van der Waals surface area contributed by atoms with Crippen molar-refractivity contribution in [3.8, 4) is 23.0 Å². The van der Waals surface area contributed by atoms with E-state index in [-0.39, 0.29) is 6.79 Å². The second kappa shape index (κ2) is 5.14. The highest BCUT2D eigenvalue weighted by molar-refractivity contribution is 6.23. The minimum atomic E-state index is 0.160. The number of ether oxygens (including phenoxy) is 4. The van der Waals surface area contributed by atoms with Gasteiger partial charge in [-0.3, -0.25) is 4.98 Å². The maximum Gasteiger partial charge on any atom is 0.231 e. The van der Waals surface area contributed by atoms with Gasteiger partial charge in [-0.25, -0.2) is 0 Å². The van der Waals surface area contributed by atoms with Gasteiger partial charge in [0.25, 0.3) is 0 Å². The molecule has 0 amide bonds. The summed E-state index contributed by atoms with van der Waals surface area (Å²) in [6, 6.07) is 12.1. The molecular weight excluding hydrogens is 318 g/mol. The number of fused-ring (bicyclic) bond motifs is 7. The third-order valence-electron chi connectivity index (χ3n) is 4.66. The summed E-state index contributed by atoms with van der Waals surface area (Å²) >= 11 is 0. The van der Waals surface area contributed by atoms with Crippen LogP contribution in [-0.2, 0) is 0 Å². The van der Waals surface area contributed by atoms with Crippen LogP contribution in [-0.4, -0.2) is 26.0 Å². The van der Waals surface area contributed by atoms with Gasteiger partial charge in [0.1, 0.15) is 0 Å². The Morgan fingerprint density at radius 3 is 2.48 bits per heavy atom. The summed E-state index contributed by atoms with van der Waals surface area (Å²) in [4.78, 5) is 4.56. The summed E-state index contributed by atoms with van der Waals surface area (Å²) in [6.07, 6.45) is 1.88. The van der Waals surface area contributed by atoms with Crippen molar-refractivity contribution in [1.82, 2.24) is 4.98 Å². The van der Waals surface area contributed by atoms with Crippen LogP contribution in [0.2, 0.25) is 0 Å². The lowest BCUT2D eigenvalue weighted by Gasteiger charge is -2.16. The average Bonchev–Trinajstić information content (AvgIpc) is 3.15. The van der Waals surface area contributed by atoms with Gasteiger partial charge in [0.15, 0.2) is 11.5 Å². The molecule has 0 spiro atoms. The lowest BCUT2D eigenvalue weighted by Crippen LogP contribution is -1.95. The van der Waals surface area contributed by atoms with Gasteiger partial charge in [-0.15, -0.1) is 0 Å². The summed E-state index contributed by atoms with van der Waals surface area (Å²) in [5.41, 5.74) is 0.935. The number of pyridine rings is 1. The van der Waals surface area contributed by atoms with Crippen LogP contribution >= 0.6 is 0 Å². The van der Waals surface area contributed by atoms with Crippen LogP contribution in [0.5, 0.6) is 23.0 Å². The fourth-order valence-electron chi connectivity index (χ4n) is 3.62. The molecule has 124 valence electrons. The SMILES string of the molecule is COc1c2c(c3c(ccc4cnc5ccccc5c43)c1OC)OCO2. The topological polar surface area (TPSA) is 49.8 Å². The molecule has 5 heteroatoms. The molecule has 0 saturated carbocycles. The van der Waals surface area contributed by atoms with E-state index < -0.39 is 0 Å². The summed E-state index contributed by atoms with van der Waals surface area (Å²) in [5, 5.41) is 5.06.